The quantitative estimate of drug-likeness (QED) is 0.908. The second-order valence-electron chi connectivity index (χ2n) is 4.36. The number of nitrogens with zero attached hydrogens (tertiary/aromatic N) is 1. The van der Waals surface area contributed by atoms with Crippen LogP contribution in [-0.2, 0) is 6.61 Å². The third-order valence-electron chi connectivity index (χ3n) is 3.21. The minimum atomic E-state index is -0.0222. The van der Waals surface area contributed by atoms with E-state index in [4.69, 9.17) is 5.11 Å². The van der Waals surface area contributed by atoms with Gasteiger partial charge < -0.3 is 9.67 Å². The topological polar surface area (TPSA) is 42.2 Å². The summed E-state index contributed by atoms with van der Waals surface area (Å²) in [5.41, 5.74) is 0.807. The summed E-state index contributed by atoms with van der Waals surface area (Å²) in [5.74, 6) is 0. The summed E-state index contributed by atoms with van der Waals surface area (Å²) in [5, 5.41) is 9.14. The van der Waals surface area contributed by atoms with Crippen LogP contribution >= 0.6 is 15.9 Å². The lowest BCUT2D eigenvalue weighted by molar-refractivity contribution is 0.278. The Kier molecular flexibility index (Phi) is 3.82. The first kappa shape index (κ1) is 11.9. The van der Waals surface area contributed by atoms with E-state index in [1.807, 2.05) is 0 Å². The fraction of sp³-hybridized carbons (Fsp3) is 0.583. The van der Waals surface area contributed by atoms with Crippen LogP contribution in [0.5, 0.6) is 0 Å². The second-order valence-corrected chi connectivity index (χ2v) is 5.21. The van der Waals surface area contributed by atoms with Crippen molar-refractivity contribution in [3.63, 3.8) is 0 Å². The zero-order valence-corrected chi connectivity index (χ0v) is 10.7. The maximum absolute atomic E-state index is 12.0. The number of aromatic nitrogens is 1. The Morgan fingerprint density at radius 1 is 1.38 bits per heavy atom. The van der Waals surface area contributed by atoms with Crippen LogP contribution < -0.4 is 5.56 Å². The van der Waals surface area contributed by atoms with Crippen molar-refractivity contribution in [2.45, 2.75) is 44.8 Å². The number of hydrogen-bond donors (Lipinski definition) is 1. The number of halogens is 1. The Morgan fingerprint density at radius 3 is 2.69 bits per heavy atom. The van der Waals surface area contributed by atoms with E-state index < -0.39 is 0 Å². The first-order chi connectivity index (χ1) is 7.72. The van der Waals surface area contributed by atoms with Crippen molar-refractivity contribution in [2.24, 2.45) is 0 Å². The molecule has 0 unspecified atom stereocenters. The third kappa shape index (κ3) is 2.38. The molecule has 88 valence electrons. The number of aliphatic hydroxyl groups is 1. The molecule has 0 amide bonds. The number of hydrogen-bond acceptors (Lipinski definition) is 2. The van der Waals surface area contributed by atoms with Gasteiger partial charge in [0.2, 0.25) is 0 Å². The minimum absolute atomic E-state index is 0.0177. The van der Waals surface area contributed by atoms with Gasteiger partial charge in [0.25, 0.3) is 5.56 Å². The van der Waals surface area contributed by atoms with Gasteiger partial charge in [0.05, 0.1) is 11.1 Å². The highest BCUT2D eigenvalue weighted by molar-refractivity contribution is 9.10. The maximum Gasteiger partial charge on any atom is 0.265 e. The molecule has 0 atom stereocenters. The van der Waals surface area contributed by atoms with E-state index in [1.165, 1.54) is 19.3 Å². The molecule has 4 heteroatoms. The molecular formula is C12H16BrNO2. The Hall–Kier alpha value is -0.610. The van der Waals surface area contributed by atoms with Crippen LogP contribution in [0.1, 0.15) is 43.7 Å². The molecule has 0 aromatic carbocycles. The predicted molar refractivity (Wildman–Crippen MR) is 66.4 cm³/mol. The van der Waals surface area contributed by atoms with Crippen molar-refractivity contribution in [1.29, 1.82) is 0 Å². The summed E-state index contributed by atoms with van der Waals surface area (Å²) in [6.45, 7) is -0.0222. The summed E-state index contributed by atoms with van der Waals surface area (Å²) < 4.78 is 2.33. The molecule has 1 heterocycles. The third-order valence-corrected chi connectivity index (χ3v) is 3.77. The predicted octanol–water partition coefficient (Wildman–Crippen LogP) is 2.61. The highest BCUT2D eigenvalue weighted by atomic mass is 79.9. The average molecular weight is 286 g/mol. The van der Waals surface area contributed by atoms with Gasteiger partial charge in [0.15, 0.2) is 0 Å². The summed E-state index contributed by atoms with van der Waals surface area (Å²) in [6.07, 6.45) is 7.59. The molecule has 0 saturated heterocycles. The Labute approximate surface area is 103 Å². The summed E-state index contributed by atoms with van der Waals surface area (Å²) in [4.78, 5) is 12.0. The summed E-state index contributed by atoms with van der Waals surface area (Å²) in [6, 6.07) is 2.01. The molecule has 1 aliphatic carbocycles. The van der Waals surface area contributed by atoms with Gasteiger partial charge in [-0.1, -0.05) is 19.3 Å². The molecule has 0 spiro atoms. The van der Waals surface area contributed by atoms with Gasteiger partial charge in [-0.2, -0.15) is 0 Å². The van der Waals surface area contributed by atoms with Gasteiger partial charge >= 0.3 is 0 Å². The Bertz CT molecular complexity index is 422. The molecular weight excluding hydrogens is 270 g/mol. The smallest absolute Gasteiger partial charge is 0.265 e. The fourth-order valence-electron chi connectivity index (χ4n) is 2.34. The van der Waals surface area contributed by atoms with E-state index in [1.54, 1.807) is 16.8 Å². The highest BCUT2D eigenvalue weighted by Crippen LogP contribution is 2.27. The Morgan fingerprint density at radius 2 is 2.06 bits per heavy atom. The Balaban J connectivity index is 2.37. The molecule has 0 aliphatic heterocycles. The molecule has 16 heavy (non-hydrogen) atoms. The normalized spacial score (nSPS) is 17.6. The summed E-state index contributed by atoms with van der Waals surface area (Å²) in [7, 11) is 0. The van der Waals surface area contributed by atoms with Gasteiger partial charge in [-0.3, -0.25) is 4.79 Å². The zero-order valence-electron chi connectivity index (χ0n) is 9.16. The molecule has 3 nitrogen and oxygen atoms in total. The molecule has 1 aromatic heterocycles. The number of pyridine rings is 1. The van der Waals surface area contributed by atoms with Crippen molar-refractivity contribution in [3.8, 4) is 0 Å². The molecule has 2 rings (SSSR count). The van der Waals surface area contributed by atoms with Crippen molar-refractivity contribution >= 4 is 15.9 Å². The standard InChI is InChI=1S/C12H16BrNO2/c13-11-6-9(8-15)7-14(12(11)16)10-4-2-1-3-5-10/h6-7,10,15H,1-5,8H2. The monoisotopic (exact) mass is 285 g/mol. The van der Waals surface area contributed by atoms with Gasteiger partial charge in [-0.15, -0.1) is 0 Å². The first-order valence-corrected chi connectivity index (χ1v) is 6.53. The van der Waals surface area contributed by atoms with Crippen LogP contribution in [-0.4, -0.2) is 9.67 Å². The van der Waals surface area contributed by atoms with Crippen LogP contribution in [0.2, 0.25) is 0 Å². The molecule has 1 fully saturated rings. The maximum atomic E-state index is 12.0. The van der Waals surface area contributed by atoms with E-state index in [0.29, 0.717) is 10.5 Å². The van der Waals surface area contributed by atoms with Gasteiger partial charge in [-0.05, 0) is 40.4 Å². The van der Waals surface area contributed by atoms with Crippen LogP contribution in [0.3, 0.4) is 0 Å². The lowest BCUT2D eigenvalue weighted by Gasteiger charge is -2.24. The molecule has 0 radical (unpaired) electrons. The molecule has 0 bridgehead atoms. The summed E-state index contributed by atoms with van der Waals surface area (Å²) >= 11 is 3.26. The number of aliphatic hydroxyl groups excluding tert-OH is 1. The van der Waals surface area contributed by atoms with Gasteiger partial charge in [-0.25, -0.2) is 0 Å². The minimum Gasteiger partial charge on any atom is -0.392 e. The fourth-order valence-corrected chi connectivity index (χ4v) is 2.84. The first-order valence-electron chi connectivity index (χ1n) is 5.74. The lowest BCUT2D eigenvalue weighted by Crippen LogP contribution is -2.27. The highest BCUT2D eigenvalue weighted by Gasteiger charge is 2.17. The zero-order chi connectivity index (χ0) is 11.5. The van der Waals surface area contributed by atoms with Gasteiger partial charge in [0.1, 0.15) is 0 Å². The van der Waals surface area contributed by atoms with Crippen LogP contribution in [0.15, 0.2) is 21.5 Å². The van der Waals surface area contributed by atoms with Crippen molar-refractivity contribution < 1.29 is 5.11 Å². The SMILES string of the molecule is O=c1c(Br)cc(CO)cn1C1CCCCC1. The molecule has 1 N–H and O–H groups in total. The second kappa shape index (κ2) is 5.15. The van der Waals surface area contributed by atoms with Crippen LogP contribution in [0.4, 0.5) is 0 Å². The molecule has 1 aliphatic rings. The van der Waals surface area contributed by atoms with Crippen LogP contribution in [0, 0.1) is 0 Å². The number of rotatable bonds is 2. The molecule has 1 aromatic rings. The van der Waals surface area contributed by atoms with Crippen LogP contribution in [0.25, 0.3) is 0 Å². The van der Waals surface area contributed by atoms with E-state index in [2.05, 4.69) is 15.9 Å². The average Bonchev–Trinajstić information content (AvgIpc) is 2.33. The van der Waals surface area contributed by atoms with E-state index in [9.17, 15) is 4.79 Å². The van der Waals surface area contributed by atoms with Crippen molar-refractivity contribution in [3.05, 3.63) is 32.7 Å². The van der Waals surface area contributed by atoms with E-state index in [0.717, 1.165) is 18.4 Å². The lowest BCUT2D eigenvalue weighted by atomic mass is 9.95. The van der Waals surface area contributed by atoms with E-state index >= 15 is 0 Å². The van der Waals surface area contributed by atoms with Gasteiger partial charge in [0, 0.05) is 12.2 Å². The molecule has 1 saturated carbocycles. The van der Waals surface area contributed by atoms with E-state index in [-0.39, 0.29) is 12.2 Å². The van der Waals surface area contributed by atoms with Crippen molar-refractivity contribution in [1.82, 2.24) is 4.57 Å². The largest absolute Gasteiger partial charge is 0.392 e. The van der Waals surface area contributed by atoms with Crippen molar-refractivity contribution in [2.75, 3.05) is 0 Å².